The standard InChI is InChI=1S/C27H35N3O3/c1-20-16-21(2)18-22(17-20)26(10-14-33-15-11-26)25(32)30-13-7-9-27(19-30,24(31)29(3)4)23-8-5-6-12-28-23/h5-6,8,12,16-18H,7,9-11,13-15,19H2,1-4H3/t27-/m0/s1. The fourth-order valence-corrected chi connectivity index (χ4v) is 5.70. The Labute approximate surface area is 196 Å². The third-order valence-electron chi connectivity index (χ3n) is 7.28. The maximum absolute atomic E-state index is 14.3. The monoisotopic (exact) mass is 449 g/mol. The summed E-state index contributed by atoms with van der Waals surface area (Å²) in [6.45, 7) is 6.30. The second-order valence-corrected chi connectivity index (χ2v) is 9.90. The smallest absolute Gasteiger partial charge is 0.236 e. The van der Waals surface area contributed by atoms with Crippen LogP contribution in [-0.2, 0) is 25.2 Å². The average molecular weight is 450 g/mol. The van der Waals surface area contributed by atoms with E-state index >= 15 is 0 Å². The third-order valence-corrected chi connectivity index (χ3v) is 7.28. The lowest BCUT2D eigenvalue weighted by molar-refractivity contribution is -0.147. The first-order valence-electron chi connectivity index (χ1n) is 11.9. The Balaban J connectivity index is 1.75. The number of likely N-dealkylation sites (tertiary alicyclic amines) is 1. The first kappa shape index (κ1) is 23.4. The largest absolute Gasteiger partial charge is 0.381 e. The van der Waals surface area contributed by atoms with E-state index < -0.39 is 10.8 Å². The van der Waals surface area contributed by atoms with Crippen LogP contribution < -0.4 is 0 Å². The van der Waals surface area contributed by atoms with Crippen LogP contribution in [0.15, 0.2) is 42.6 Å². The van der Waals surface area contributed by atoms with Gasteiger partial charge in [-0.15, -0.1) is 0 Å². The molecular formula is C27H35N3O3. The quantitative estimate of drug-likeness (QED) is 0.718. The zero-order valence-electron chi connectivity index (χ0n) is 20.3. The first-order chi connectivity index (χ1) is 15.8. The SMILES string of the molecule is Cc1cc(C)cc(C2(C(=O)N3CCC[C@@](C(=O)N(C)C)(c4ccccn4)C3)CCOCC2)c1. The fourth-order valence-electron chi connectivity index (χ4n) is 5.70. The Morgan fingerprint density at radius 1 is 1.00 bits per heavy atom. The van der Waals surface area contributed by atoms with Gasteiger partial charge in [0.25, 0.3) is 0 Å². The lowest BCUT2D eigenvalue weighted by Gasteiger charge is -2.46. The van der Waals surface area contributed by atoms with Gasteiger partial charge in [-0.05, 0) is 57.2 Å². The molecule has 3 heterocycles. The number of carbonyl (C=O) groups excluding carboxylic acids is 2. The van der Waals surface area contributed by atoms with Gasteiger partial charge in [-0.2, -0.15) is 0 Å². The number of pyridine rings is 1. The molecule has 0 saturated carbocycles. The maximum atomic E-state index is 14.3. The summed E-state index contributed by atoms with van der Waals surface area (Å²) in [6, 6.07) is 12.1. The van der Waals surface area contributed by atoms with Crippen molar-refractivity contribution in [1.29, 1.82) is 0 Å². The molecule has 2 saturated heterocycles. The highest BCUT2D eigenvalue weighted by atomic mass is 16.5. The van der Waals surface area contributed by atoms with Crippen molar-refractivity contribution >= 4 is 11.8 Å². The third kappa shape index (κ3) is 4.29. The number of amides is 2. The van der Waals surface area contributed by atoms with E-state index in [4.69, 9.17) is 4.74 Å². The van der Waals surface area contributed by atoms with Crippen LogP contribution in [0, 0.1) is 13.8 Å². The van der Waals surface area contributed by atoms with E-state index in [2.05, 4.69) is 37.0 Å². The predicted octanol–water partition coefficient (Wildman–Crippen LogP) is 3.40. The Hall–Kier alpha value is -2.73. The molecule has 6 nitrogen and oxygen atoms in total. The number of likely N-dealkylation sites (N-methyl/N-ethyl adjacent to an activating group) is 1. The minimum Gasteiger partial charge on any atom is -0.381 e. The van der Waals surface area contributed by atoms with Crippen molar-refractivity contribution < 1.29 is 14.3 Å². The normalized spacial score (nSPS) is 22.6. The van der Waals surface area contributed by atoms with Crippen molar-refractivity contribution in [3.05, 3.63) is 65.0 Å². The second-order valence-electron chi connectivity index (χ2n) is 9.90. The molecule has 2 aliphatic heterocycles. The van der Waals surface area contributed by atoms with Gasteiger partial charge in [0.1, 0.15) is 5.41 Å². The van der Waals surface area contributed by atoms with Crippen LogP contribution in [0.2, 0.25) is 0 Å². The number of carbonyl (C=O) groups is 2. The molecule has 6 heteroatoms. The van der Waals surface area contributed by atoms with Gasteiger partial charge in [-0.3, -0.25) is 14.6 Å². The summed E-state index contributed by atoms with van der Waals surface area (Å²) in [5, 5.41) is 0. The highest BCUT2D eigenvalue weighted by molar-refractivity contribution is 5.92. The maximum Gasteiger partial charge on any atom is 0.236 e. The number of ether oxygens (including phenoxy) is 1. The molecule has 0 bridgehead atoms. The number of hydrogen-bond donors (Lipinski definition) is 0. The summed E-state index contributed by atoms with van der Waals surface area (Å²) in [5.74, 6) is 0.119. The second kappa shape index (κ2) is 9.26. The van der Waals surface area contributed by atoms with E-state index in [0.717, 1.165) is 28.8 Å². The highest BCUT2D eigenvalue weighted by Crippen LogP contribution is 2.41. The fraction of sp³-hybridized carbons (Fsp3) is 0.519. The summed E-state index contributed by atoms with van der Waals surface area (Å²) in [7, 11) is 3.56. The van der Waals surface area contributed by atoms with Crippen LogP contribution in [0.3, 0.4) is 0 Å². The molecule has 0 radical (unpaired) electrons. The van der Waals surface area contributed by atoms with Crippen LogP contribution >= 0.6 is 0 Å². The number of aryl methyl sites for hydroxylation is 2. The summed E-state index contributed by atoms with van der Waals surface area (Å²) in [4.78, 5) is 36.0. The average Bonchev–Trinajstić information content (AvgIpc) is 2.83. The van der Waals surface area contributed by atoms with Gasteiger partial charge in [-0.25, -0.2) is 0 Å². The molecule has 1 aromatic heterocycles. The van der Waals surface area contributed by atoms with E-state index in [1.165, 1.54) is 0 Å². The van der Waals surface area contributed by atoms with Gasteiger partial charge in [0.15, 0.2) is 0 Å². The Morgan fingerprint density at radius 2 is 1.70 bits per heavy atom. The molecule has 0 unspecified atom stereocenters. The number of benzene rings is 1. The molecule has 4 rings (SSSR count). The van der Waals surface area contributed by atoms with Gasteiger partial charge in [0.2, 0.25) is 11.8 Å². The van der Waals surface area contributed by atoms with Gasteiger partial charge in [0.05, 0.1) is 11.1 Å². The van der Waals surface area contributed by atoms with Crippen molar-refractivity contribution in [3.63, 3.8) is 0 Å². The number of nitrogens with zero attached hydrogens (tertiary/aromatic N) is 3. The van der Waals surface area contributed by atoms with Crippen LogP contribution in [0.1, 0.15) is 48.1 Å². The topological polar surface area (TPSA) is 62.7 Å². The number of rotatable bonds is 4. The minimum absolute atomic E-state index is 0.00567. The van der Waals surface area contributed by atoms with Crippen LogP contribution in [0.25, 0.3) is 0 Å². The molecule has 1 aromatic carbocycles. The summed E-state index contributed by atoms with van der Waals surface area (Å²) in [5.41, 5.74) is 2.69. The predicted molar refractivity (Wildman–Crippen MR) is 128 cm³/mol. The van der Waals surface area contributed by atoms with Crippen molar-refractivity contribution in [2.75, 3.05) is 40.4 Å². The highest BCUT2D eigenvalue weighted by Gasteiger charge is 2.51. The summed E-state index contributed by atoms with van der Waals surface area (Å²) >= 11 is 0. The van der Waals surface area contributed by atoms with Crippen molar-refractivity contribution in [3.8, 4) is 0 Å². The summed E-state index contributed by atoms with van der Waals surface area (Å²) < 4.78 is 5.68. The van der Waals surface area contributed by atoms with E-state index in [9.17, 15) is 9.59 Å². The molecule has 2 amide bonds. The number of aromatic nitrogens is 1. The molecule has 2 aromatic rings. The van der Waals surface area contributed by atoms with Crippen molar-refractivity contribution in [2.24, 2.45) is 0 Å². The molecule has 0 spiro atoms. The number of piperidine rings is 1. The van der Waals surface area contributed by atoms with E-state index in [1.807, 2.05) is 23.1 Å². The van der Waals surface area contributed by atoms with E-state index in [0.29, 0.717) is 45.6 Å². The van der Waals surface area contributed by atoms with Gasteiger partial charge >= 0.3 is 0 Å². The van der Waals surface area contributed by atoms with Crippen molar-refractivity contribution in [2.45, 2.75) is 50.4 Å². The van der Waals surface area contributed by atoms with E-state index in [1.54, 1.807) is 25.2 Å². The molecule has 1 atom stereocenters. The zero-order chi connectivity index (χ0) is 23.6. The molecule has 0 aliphatic carbocycles. The Kier molecular flexibility index (Phi) is 6.57. The molecule has 2 aliphatic rings. The zero-order valence-corrected chi connectivity index (χ0v) is 20.3. The molecule has 33 heavy (non-hydrogen) atoms. The van der Waals surface area contributed by atoms with Gasteiger partial charge in [0, 0.05) is 46.6 Å². The minimum atomic E-state index is -0.826. The molecule has 0 N–H and O–H groups in total. The molecule has 176 valence electrons. The van der Waals surface area contributed by atoms with Crippen molar-refractivity contribution in [1.82, 2.24) is 14.8 Å². The lowest BCUT2D eigenvalue weighted by atomic mass is 9.70. The number of hydrogen-bond acceptors (Lipinski definition) is 4. The first-order valence-corrected chi connectivity index (χ1v) is 11.9. The lowest BCUT2D eigenvalue weighted by Crippen LogP contribution is -2.59. The van der Waals surface area contributed by atoms with Crippen LogP contribution in [0.5, 0.6) is 0 Å². The van der Waals surface area contributed by atoms with Gasteiger partial charge < -0.3 is 14.5 Å². The Morgan fingerprint density at radius 3 is 2.30 bits per heavy atom. The van der Waals surface area contributed by atoms with Crippen LogP contribution in [-0.4, -0.2) is 67.0 Å². The molecular weight excluding hydrogens is 414 g/mol. The Bertz CT molecular complexity index is 994. The summed E-state index contributed by atoms with van der Waals surface area (Å²) in [6.07, 6.45) is 4.49. The van der Waals surface area contributed by atoms with Crippen LogP contribution in [0.4, 0.5) is 0 Å². The molecule has 2 fully saturated rings. The van der Waals surface area contributed by atoms with Gasteiger partial charge in [-0.1, -0.05) is 35.4 Å². The van der Waals surface area contributed by atoms with E-state index in [-0.39, 0.29) is 11.8 Å².